The molecule has 1 aliphatic rings. The lowest BCUT2D eigenvalue weighted by atomic mass is 10.1. The number of halogens is 1. The zero-order valence-corrected chi connectivity index (χ0v) is 17.0. The summed E-state index contributed by atoms with van der Waals surface area (Å²) in [7, 11) is 0. The highest BCUT2D eigenvalue weighted by Gasteiger charge is 2.12. The number of ether oxygens (including phenoxy) is 1. The van der Waals surface area contributed by atoms with Gasteiger partial charge in [0.25, 0.3) is 0 Å². The first kappa shape index (κ1) is 21.9. The van der Waals surface area contributed by atoms with Gasteiger partial charge in [-0.05, 0) is 47.4 Å². The van der Waals surface area contributed by atoms with E-state index in [1.165, 1.54) is 32.4 Å². The Morgan fingerprint density at radius 3 is 2.29 bits per heavy atom. The molecule has 0 saturated carbocycles. The molecule has 3 rings (SSSR count). The molecule has 0 radical (unpaired) electrons. The molecule has 1 aliphatic heterocycles. The third-order valence-corrected chi connectivity index (χ3v) is 4.73. The van der Waals surface area contributed by atoms with Crippen molar-refractivity contribution in [1.29, 1.82) is 0 Å². The van der Waals surface area contributed by atoms with E-state index in [1.54, 1.807) is 0 Å². The molecule has 0 spiro atoms. The van der Waals surface area contributed by atoms with Crippen LogP contribution in [0.2, 0.25) is 0 Å². The molecule has 1 aromatic carbocycles. The number of piperidine rings is 1. The second-order valence-corrected chi connectivity index (χ2v) is 7.19. The average molecular weight is 454 g/mol. The Hall–Kier alpha value is -2.39. The summed E-state index contributed by atoms with van der Waals surface area (Å²) in [6.45, 7) is 4.96. The number of hydrogen-bond acceptors (Lipinski definition) is 5. The van der Waals surface area contributed by atoms with Gasteiger partial charge in [0.05, 0.1) is 11.0 Å². The van der Waals surface area contributed by atoms with Crippen molar-refractivity contribution in [2.75, 3.05) is 19.6 Å². The van der Waals surface area contributed by atoms with Crippen molar-refractivity contribution >= 4 is 27.9 Å². The van der Waals surface area contributed by atoms with Crippen LogP contribution in [0.4, 0.5) is 0 Å². The van der Waals surface area contributed by atoms with Crippen LogP contribution in [-0.2, 0) is 22.7 Å². The van der Waals surface area contributed by atoms with Crippen LogP contribution < -0.4 is 4.74 Å². The molecule has 152 valence electrons. The molecule has 0 atom stereocenters. The number of carboxylic acid groups (broad SMARTS) is 2. The van der Waals surface area contributed by atoms with Crippen LogP contribution >= 0.6 is 15.9 Å². The third kappa shape index (κ3) is 7.69. The molecule has 0 unspecified atom stereocenters. The van der Waals surface area contributed by atoms with E-state index in [9.17, 15) is 0 Å². The van der Waals surface area contributed by atoms with Crippen molar-refractivity contribution in [3.63, 3.8) is 0 Å². The van der Waals surface area contributed by atoms with Gasteiger partial charge in [-0.15, -0.1) is 5.10 Å². The number of aliphatic carboxylic acids is 2. The molecule has 1 saturated heterocycles. The smallest absolute Gasteiger partial charge is 0.414 e. The highest BCUT2D eigenvalue weighted by molar-refractivity contribution is 9.10. The van der Waals surface area contributed by atoms with Crippen molar-refractivity contribution in [1.82, 2.24) is 14.7 Å². The molecular formula is C19H24BrN3O5. The van der Waals surface area contributed by atoms with E-state index in [-0.39, 0.29) is 0 Å². The molecule has 8 nitrogen and oxygen atoms in total. The molecule has 0 amide bonds. The number of benzene rings is 1. The van der Waals surface area contributed by atoms with Crippen molar-refractivity contribution in [2.45, 2.75) is 32.4 Å². The second-order valence-electron chi connectivity index (χ2n) is 6.33. The van der Waals surface area contributed by atoms with Crippen LogP contribution in [0, 0.1) is 0 Å². The van der Waals surface area contributed by atoms with E-state index in [1.807, 2.05) is 29.1 Å². The summed E-state index contributed by atoms with van der Waals surface area (Å²) in [5.41, 5.74) is 1.15. The van der Waals surface area contributed by atoms with Crippen LogP contribution in [0.1, 0.15) is 24.8 Å². The van der Waals surface area contributed by atoms with Crippen molar-refractivity contribution in [2.24, 2.45) is 0 Å². The largest absolute Gasteiger partial charge is 0.473 e. The summed E-state index contributed by atoms with van der Waals surface area (Å²) in [5.74, 6) is -2.98. The number of rotatable bonds is 6. The maximum absolute atomic E-state index is 9.10. The summed E-state index contributed by atoms with van der Waals surface area (Å²) in [6, 6.07) is 10.2. The molecule has 9 heteroatoms. The lowest BCUT2D eigenvalue weighted by Crippen LogP contribution is -2.32. The Balaban J connectivity index is 0.000000409. The minimum Gasteiger partial charge on any atom is -0.473 e. The summed E-state index contributed by atoms with van der Waals surface area (Å²) in [4.78, 5) is 20.7. The zero-order chi connectivity index (χ0) is 20.4. The Kier molecular flexibility index (Phi) is 8.96. The third-order valence-electron chi connectivity index (χ3n) is 4.18. The van der Waals surface area contributed by atoms with E-state index in [4.69, 9.17) is 24.5 Å². The van der Waals surface area contributed by atoms with Gasteiger partial charge in [0, 0.05) is 12.7 Å². The number of aromatic nitrogens is 2. The molecular weight excluding hydrogens is 430 g/mol. The first-order valence-electron chi connectivity index (χ1n) is 9.04. The van der Waals surface area contributed by atoms with E-state index in [0.717, 1.165) is 23.1 Å². The molecule has 28 heavy (non-hydrogen) atoms. The molecule has 1 aromatic heterocycles. The van der Waals surface area contributed by atoms with Gasteiger partial charge in [-0.2, -0.15) is 0 Å². The van der Waals surface area contributed by atoms with Crippen LogP contribution in [0.15, 0.2) is 41.0 Å². The number of carboxylic acids is 2. The minimum atomic E-state index is -1.82. The van der Waals surface area contributed by atoms with E-state index < -0.39 is 11.9 Å². The van der Waals surface area contributed by atoms with Gasteiger partial charge in [0.1, 0.15) is 6.61 Å². The van der Waals surface area contributed by atoms with Gasteiger partial charge in [-0.3, -0.25) is 4.68 Å². The van der Waals surface area contributed by atoms with Crippen LogP contribution in [0.3, 0.4) is 0 Å². The lowest BCUT2D eigenvalue weighted by molar-refractivity contribution is -0.159. The number of nitrogens with zero attached hydrogens (tertiary/aromatic N) is 3. The van der Waals surface area contributed by atoms with Gasteiger partial charge in [-0.1, -0.05) is 36.8 Å². The van der Waals surface area contributed by atoms with Gasteiger partial charge in [0.2, 0.25) is 5.88 Å². The zero-order valence-electron chi connectivity index (χ0n) is 15.5. The summed E-state index contributed by atoms with van der Waals surface area (Å²) >= 11 is 3.53. The average Bonchev–Trinajstić information content (AvgIpc) is 3.06. The Morgan fingerprint density at radius 2 is 1.68 bits per heavy atom. The van der Waals surface area contributed by atoms with Crippen LogP contribution in [0.25, 0.3) is 0 Å². The molecule has 2 aromatic rings. The maximum atomic E-state index is 9.10. The Labute approximate surface area is 171 Å². The quantitative estimate of drug-likeness (QED) is 0.647. The molecule has 0 bridgehead atoms. The van der Waals surface area contributed by atoms with E-state index in [0.29, 0.717) is 12.5 Å². The standard InChI is InChI=1S/C17H22BrN3O.C2H2O4/c18-16-13-21(12-11-20-9-5-2-6-10-20)19-17(16)22-14-15-7-3-1-4-8-15;3-1(4)2(5)6/h1,3-4,7-8,13H,2,5-6,9-12,14H2;(H,3,4)(H,5,6). The van der Waals surface area contributed by atoms with E-state index in [2.05, 4.69) is 38.1 Å². The van der Waals surface area contributed by atoms with Gasteiger partial charge in [0.15, 0.2) is 0 Å². The Morgan fingerprint density at radius 1 is 1.04 bits per heavy atom. The van der Waals surface area contributed by atoms with Gasteiger partial charge in [-0.25, -0.2) is 9.59 Å². The monoisotopic (exact) mass is 453 g/mol. The highest BCUT2D eigenvalue weighted by atomic mass is 79.9. The first-order valence-corrected chi connectivity index (χ1v) is 9.83. The van der Waals surface area contributed by atoms with Gasteiger partial charge >= 0.3 is 11.9 Å². The van der Waals surface area contributed by atoms with E-state index >= 15 is 0 Å². The minimum absolute atomic E-state index is 0.544. The number of hydrogen-bond donors (Lipinski definition) is 2. The molecule has 2 N–H and O–H groups in total. The topological polar surface area (TPSA) is 105 Å². The van der Waals surface area contributed by atoms with Gasteiger partial charge < -0.3 is 19.8 Å². The van der Waals surface area contributed by atoms with Crippen LogP contribution in [-0.4, -0.2) is 56.5 Å². The fourth-order valence-corrected chi connectivity index (χ4v) is 3.17. The van der Waals surface area contributed by atoms with Crippen molar-refractivity contribution in [3.05, 3.63) is 46.6 Å². The number of likely N-dealkylation sites (tertiary alicyclic amines) is 1. The molecule has 1 fully saturated rings. The second kappa shape index (κ2) is 11.5. The fraction of sp³-hybridized carbons (Fsp3) is 0.421. The summed E-state index contributed by atoms with van der Waals surface area (Å²) in [5, 5.41) is 19.3. The summed E-state index contributed by atoms with van der Waals surface area (Å²) < 4.78 is 8.69. The predicted molar refractivity (Wildman–Crippen MR) is 106 cm³/mol. The fourth-order valence-electron chi connectivity index (χ4n) is 2.74. The lowest BCUT2D eigenvalue weighted by Gasteiger charge is -2.26. The van der Waals surface area contributed by atoms with Crippen LogP contribution in [0.5, 0.6) is 5.88 Å². The number of carbonyl (C=O) groups is 2. The molecule has 2 heterocycles. The molecule has 0 aliphatic carbocycles. The normalized spacial score (nSPS) is 14.0. The highest BCUT2D eigenvalue weighted by Crippen LogP contribution is 2.23. The van der Waals surface area contributed by atoms with Crippen molar-refractivity contribution in [3.8, 4) is 5.88 Å². The Bertz CT molecular complexity index is 748. The predicted octanol–water partition coefficient (Wildman–Crippen LogP) is 2.87. The SMILES string of the molecule is Brc1cn(CCN2CCCCC2)nc1OCc1ccccc1.O=C(O)C(=O)O. The van der Waals surface area contributed by atoms with Crippen molar-refractivity contribution < 1.29 is 24.5 Å². The summed E-state index contributed by atoms with van der Waals surface area (Å²) in [6.07, 6.45) is 6.04. The maximum Gasteiger partial charge on any atom is 0.414 e. The first-order chi connectivity index (χ1) is 13.5.